The zero-order chi connectivity index (χ0) is 23.9. The van der Waals surface area contributed by atoms with E-state index in [9.17, 15) is 10.0 Å². The predicted molar refractivity (Wildman–Crippen MR) is 126 cm³/mol. The summed E-state index contributed by atoms with van der Waals surface area (Å²) in [5.41, 5.74) is 1.85. The highest BCUT2D eigenvalue weighted by molar-refractivity contribution is 6.04. The average Bonchev–Trinajstić information content (AvgIpc) is 3.45. The molecule has 1 aliphatic carbocycles. The summed E-state index contributed by atoms with van der Waals surface area (Å²) in [5, 5.41) is 21.2. The minimum atomic E-state index is -0.489. The van der Waals surface area contributed by atoms with Gasteiger partial charge in [0.15, 0.2) is 11.5 Å². The lowest BCUT2D eigenvalue weighted by Crippen LogP contribution is -2.41. The Hall–Kier alpha value is -3.17. The molecule has 1 aromatic carbocycles. The minimum Gasteiger partial charge on any atom is -0.618 e. The number of amides is 1. The minimum absolute atomic E-state index is 0.00318. The molecule has 1 aliphatic heterocycles. The third kappa shape index (κ3) is 4.10. The number of rotatable bonds is 5. The van der Waals surface area contributed by atoms with Gasteiger partial charge in [0.05, 0.1) is 37.6 Å². The molecule has 9 heteroatoms. The number of methoxy groups -OCH3 is 1. The van der Waals surface area contributed by atoms with Crippen LogP contribution in [0.1, 0.15) is 67.7 Å². The predicted octanol–water partition coefficient (Wildman–Crippen LogP) is 3.91. The van der Waals surface area contributed by atoms with Crippen molar-refractivity contribution in [3.05, 3.63) is 53.1 Å². The quantitative estimate of drug-likeness (QED) is 0.452. The molecular formula is C25H30N4O5. The van der Waals surface area contributed by atoms with Crippen molar-refractivity contribution in [2.75, 3.05) is 25.6 Å². The monoisotopic (exact) mass is 466 g/mol. The Balaban J connectivity index is 1.38. The van der Waals surface area contributed by atoms with Gasteiger partial charge in [-0.3, -0.25) is 9.48 Å². The zero-order valence-corrected chi connectivity index (χ0v) is 19.7. The van der Waals surface area contributed by atoms with Crippen LogP contribution in [0.2, 0.25) is 0 Å². The molecule has 180 valence electrons. The number of benzene rings is 1. The van der Waals surface area contributed by atoms with Gasteiger partial charge >= 0.3 is 5.91 Å². The fourth-order valence-corrected chi connectivity index (χ4v) is 4.91. The number of nitrogens with one attached hydrogen (secondary N) is 1. The highest BCUT2D eigenvalue weighted by Crippen LogP contribution is 2.40. The van der Waals surface area contributed by atoms with Crippen LogP contribution in [-0.4, -0.2) is 41.8 Å². The van der Waals surface area contributed by atoms with Crippen molar-refractivity contribution in [3.8, 4) is 5.75 Å². The van der Waals surface area contributed by atoms with E-state index in [4.69, 9.17) is 19.3 Å². The number of carbonyl (C=O) groups is 1. The average molecular weight is 467 g/mol. The molecular weight excluding hydrogens is 436 g/mol. The van der Waals surface area contributed by atoms with Crippen LogP contribution >= 0.6 is 0 Å². The Bertz CT molecular complexity index is 1210. The van der Waals surface area contributed by atoms with E-state index in [1.54, 1.807) is 19.2 Å². The molecule has 0 atom stereocenters. The van der Waals surface area contributed by atoms with Crippen molar-refractivity contribution < 1.29 is 23.7 Å². The van der Waals surface area contributed by atoms with Crippen molar-refractivity contribution in [2.45, 2.75) is 57.3 Å². The Morgan fingerprint density at radius 2 is 2.00 bits per heavy atom. The number of pyridine rings is 1. The molecule has 2 aliphatic rings. The van der Waals surface area contributed by atoms with Crippen LogP contribution in [0.3, 0.4) is 0 Å². The maximum absolute atomic E-state index is 13.0. The van der Waals surface area contributed by atoms with Crippen molar-refractivity contribution in [1.82, 2.24) is 9.78 Å². The number of aromatic nitrogens is 3. The fraction of sp³-hybridized carbons (Fsp3) is 0.480. The number of nitrogens with zero attached hydrogens (tertiary/aromatic N) is 3. The molecule has 2 fully saturated rings. The van der Waals surface area contributed by atoms with Crippen LogP contribution < -0.4 is 14.8 Å². The summed E-state index contributed by atoms with van der Waals surface area (Å²) < 4.78 is 19.9. The number of fused-ring (bicyclic) bond motifs is 1. The summed E-state index contributed by atoms with van der Waals surface area (Å²) in [6, 6.07) is 8.88. The molecule has 1 saturated heterocycles. The normalized spacial score (nSPS) is 18.1. The van der Waals surface area contributed by atoms with E-state index in [2.05, 4.69) is 5.32 Å². The molecule has 0 bridgehead atoms. The van der Waals surface area contributed by atoms with Gasteiger partial charge in [-0.2, -0.15) is 9.83 Å². The molecule has 0 radical (unpaired) electrons. The second-order valence-corrected chi connectivity index (χ2v) is 9.30. The summed E-state index contributed by atoms with van der Waals surface area (Å²) >= 11 is 0. The molecule has 9 nitrogen and oxygen atoms in total. The smallest absolute Gasteiger partial charge is 0.321 e. The SMILES string of the molecule is COc1cc2nn(C3CCC4(CC3)OCCO4)cc2cc1NC(=O)c1cccc(C(C)C)[n+]1[O-]. The molecule has 1 saturated carbocycles. The number of ether oxygens (including phenoxy) is 3. The molecule has 5 rings (SSSR count). The summed E-state index contributed by atoms with van der Waals surface area (Å²) in [6.07, 6.45) is 5.54. The first-order valence-electron chi connectivity index (χ1n) is 11.8. The molecule has 1 N–H and O–H groups in total. The molecule has 3 heterocycles. The van der Waals surface area contributed by atoms with Gasteiger partial charge < -0.3 is 24.7 Å². The van der Waals surface area contributed by atoms with Gasteiger partial charge in [0.2, 0.25) is 0 Å². The van der Waals surface area contributed by atoms with E-state index in [0.717, 1.165) is 36.6 Å². The Kier molecular flexibility index (Phi) is 5.91. The maximum atomic E-state index is 13.0. The maximum Gasteiger partial charge on any atom is 0.321 e. The third-order valence-electron chi connectivity index (χ3n) is 6.79. The summed E-state index contributed by atoms with van der Waals surface area (Å²) in [7, 11) is 1.54. The van der Waals surface area contributed by atoms with E-state index in [0.29, 0.717) is 35.1 Å². The van der Waals surface area contributed by atoms with Crippen LogP contribution in [-0.2, 0) is 9.47 Å². The van der Waals surface area contributed by atoms with Crippen LogP contribution in [0.25, 0.3) is 10.9 Å². The lowest BCUT2D eigenvalue weighted by Gasteiger charge is -2.35. The second kappa shape index (κ2) is 8.88. The van der Waals surface area contributed by atoms with Crippen molar-refractivity contribution in [2.24, 2.45) is 0 Å². The van der Waals surface area contributed by atoms with Crippen molar-refractivity contribution in [1.29, 1.82) is 0 Å². The Labute approximate surface area is 198 Å². The topological polar surface area (TPSA) is 102 Å². The Morgan fingerprint density at radius 1 is 1.26 bits per heavy atom. The van der Waals surface area contributed by atoms with Crippen LogP contribution in [0.5, 0.6) is 5.75 Å². The summed E-state index contributed by atoms with van der Waals surface area (Å²) in [5.74, 6) is -0.409. The summed E-state index contributed by atoms with van der Waals surface area (Å²) in [4.78, 5) is 13.0. The molecule has 1 spiro atoms. The van der Waals surface area contributed by atoms with Gasteiger partial charge in [-0.25, -0.2) is 0 Å². The highest BCUT2D eigenvalue weighted by atomic mass is 16.7. The zero-order valence-electron chi connectivity index (χ0n) is 19.7. The van der Waals surface area contributed by atoms with E-state index < -0.39 is 11.7 Å². The summed E-state index contributed by atoms with van der Waals surface area (Å²) in [6.45, 7) is 5.16. The number of anilines is 1. The van der Waals surface area contributed by atoms with Gasteiger partial charge in [0.1, 0.15) is 5.75 Å². The number of carbonyl (C=O) groups excluding carboxylic acids is 1. The fourth-order valence-electron chi connectivity index (χ4n) is 4.91. The number of hydrogen-bond donors (Lipinski definition) is 1. The first-order valence-corrected chi connectivity index (χ1v) is 11.8. The highest BCUT2D eigenvalue weighted by Gasteiger charge is 2.40. The van der Waals surface area contributed by atoms with E-state index >= 15 is 0 Å². The first-order chi connectivity index (χ1) is 16.4. The van der Waals surface area contributed by atoms with E-state index in [1.165, 1.54) is 6.07 Å². The first kappa shape index (κ1) is 22.6. The van der Waals surface area contributed by atoms with Crippen LogP contribution in [0, 0.1) is 5.21 Å². The molecule has 1 amide bonds. The van der Waals surface area contributed by atoms with Gasteiger partial charge in [0.25, 0.3) is 5.69 Å². The van der Waals surface area contributed by atoms with Crippen molar-refractivity contribution >= 4 is 22.5 Å². The van der Waals surface area contributed by atoms with Gasteiger partial charge in [-0.05, 0) is 25.0 Å². The third-order valence-corrected chi connectivity index (χ3v) is 6.79. The van der Waals surface area contributed by atoms with E-state index in [1.807, 2.05) is 36.9 Å². The van der Waals surface area contributed by atoms with Gasteiger partial charge in [-0.15, -0.1) is 0 Å². The molecule has 3 aromatic rings. The molecule has 2 aromatic heterocycles. The van der Waals surface area contributed by atoms with Crippen LogP contribution in [0.15, 0.2) is 36.5 Å². The molecule has 0 unspecified atom stereocenters. The van der Waals surface area contributed by atoms with Gasteiger partial charge in [0, 0.05) is 48.5 Å². The lowest BCUT2D eigenvalue weighted by molar-refractivity contribution is -0.617. The Morgan fingerprint density at radius 3 is 2.68 bits per heavy atom. The largest absolute Gasteiger partial charge is 0.618 e. The van der Waals surface area contributed by atoms with E-state index in [-0.39, 0.29) is 17.7 Å². The molecule has 34 heavy (non-hydrogen) atoms. The lowest BCUT2D eigenvalue weighted by atomic mass is 9.90. The van der Waals surface area contributed by atoms with Crippen molar-refractivity contribution in [3.63, 3.8) is 0 Å². The van der Waals surface area contributed by atoms with Gasteiger partial charge in [-0.1, -0.05) is 13.8 Å². The van der Waals surface area contributed by atoms with Crippen LogP contribution in [0.4, 0.5) is 5.69 Å². The standard InChI is InChI=1S/C25H30N4O5/c1-16(2)21-5-4-6-22(29(21)31)24(30)26-20-13-17-15-28(27-19(17)14-23(20)32-3)18-7-9-25(10-8-18)33-11-12-34-25/h4-6,13-16,18H,7-12H2,1-3H3,(H,26,30). The number of hydrogen-bond acceptors (Lipinski definition) is 6. The second-order valence-electron chi connectivity index (χ2n) is 9.30.